The third kappa shape index (κ3) is 3.11. The van der Waals surface area contributed by atoms with Crippen LogP contribution in [0.2, 0.25) is 6.43 Å². The number of likely N-dealkylation sites (tertiary alicyclic amines) is 1. The summed E-state index contributed by atoms with van der Waals surface area (Å²) in [7, 11) is 0. The van der Waals surface area contributed by atoms with Crippen molar-refractivity contribution in [2.24, 2.45) is 0 Å². The minimum absolute atomic E-state index is 0.0445. The number of carbonyl (C=O) groups is 2. The van der Waals surface area contributed by atoms with Gasteiger partial charge in [0.05, 0.1) is 8.30 Å². The van der Waals surface area contributed by atoms with Crippen molar-refractivity contribution in [3.05, 3.63) is 34.9 Å². The smallest absolute Gasteiger partial charge is 0.321 e. The number of hydrogen-bond donors (Lipinski definition) is 1. The Balaban J connectivity index is 2.54. The lowest BCUT2D eigenvalue weighted by molar-refractivity contribution is -0.667. The number of carboxylic acid groups (broad SMARTS) is 1. The average Bonchev–Trinajstić information content (AvgIpc) is 2.89. The van der Waals surface area contributed by atoms with Gasteiger partial charge >= 0.3 is 5.91 Å². The van der Waals surface area contributed by atoms with Gasteiger partial charge in [0.25, 0.3) is 11.4 Å². The zero-order valence-electron chi connectivity index (χ0n) is 21.8. The van der Waals surface area contributed by atoms with E-state index in [1.54, 1.807) is 0 Å². The number of piperidine rings is 1. The minimum atomic E-state index is -3.55. The molecule has 2 aliphatic rings. The summed E-state index contributed by atoms with van der Waals surface area (Å²) >= 11 is 5.93. The van der Waals surface area contributed by atoms with Crippen LogP contribution in [0.5, 0.6) is 0 Å². The molecule has 2 amide bonds. The molecule has 2 atom stereocenters. The molecule has 1 aromatic carbocycles. The molecular weight excluding hydrogens is 342 g/mol. The Labute approximate surface area is 163 Å². The molecule has 1 N–H and O–H groups in total. The van der Waals surface area contributed by atoms with E-state index in [-0.39, 0.29) is 16.6 Å². The van der Waals surface area contributed by atoms with Crippen molar-refractivity contribution in [1.82, 2.24) is 10.2 Å². The van der Waals surface area contributed by atoms with Crippen molar-refractivity contribution >= 4 is 29.3 Å². The molecule has 3 rings (SSSR count). The van der Waals surface area contributed by atoms with Crippen LogP contribution in [-0.4, -0.2) is 51.4 Å². The number of nitrogens with one attached hydrogen (secondary N) is 1. The van der Waals surface area contributed by atoms with Gasteiger partial charge in [0.2, 0.25) is 0 Å². The molecule has 7 heteroatoms. The minimum Gasteiger partial charge on any atom is -0.530 e. The quantitative estimate of drug-likeness (QED) is 0.754. The lowest BCUT2D eigenvalue weighted by Crippen LogP contribution is -2.65. The molecule has 0 saturated carbocycles. The monoisotopic (exact) mass is 371 g/mol. The standard InChI is InChI=1S/C18H22ClN3O3/c1-17(2,3)22-14(12-5-7-13(19)8-6-12)15(23)20-18(22)9-4-10-21(11-18)16(24)25/h5-8H,4,9-11H2,1-3H3,(H-,20,23,24,25)/i4D2,9D,10D2,11D2/hD. The second-order valence-corrected chi connectivity index (χ2v) is 7.05. The van der Waals surface area contributed by atoms with Crippen molar-refractivity contribution < 1.29 is 30.3 Å². The second-order valence-electron chi connectivity index (χ2n) is 6.62. The Morgan fingerprint density at radius 1 is 1.44 bits per heavy atom. The highest BCUT2D eigenvalue weighted by Crippen LogP contribution is 2.32. The third-order valence-electron chi connectivity index (χ3n) is 3.74. The van der Waals surface area contributed by atoms with E-state index in [4.69, 9.17) is 22.6 Å². The van der Waals surface area contributed by atoms with Gasteiger partial charge in [0.1, 0.15) is 12.6 Å². The summed E-state index contributed by atoms with van der Waals surface area (Å²) in [5.41, 5.74) is -4.31. The van der Waals surface area contributed by atoms with E-state index >= 15 is 0 Å². The number of amides is 2. The molecule has 134 valence electrons. The fraction of sp³-hybridized carbons (Fsp3) is 0.500. The molecule has 25 heavy (non-hydrogen) atoms. The number of benzene rings is 1. The van der Waals surface area contributed by atoms with Crippen molar-refractivity contribution in [3.8, 4) is 0 Å². The molecule has 1 spiro atoms. The molecule has 0 bridgehead atoms. The predicted octanol–water partition coefficient (Wildman–Crippen LogP) is 1.21. The van der Waals surface area contributed by atoms with Gasteiger partial charge in [0.15, 0.2) is 6.95 Å². The summed E-state index contributed by atoms with van der Waals surface area (Å²) in [5, 5.41) is 12.3. The zero-order valence-corrected chi connectivity index (χ0v) is 14.6. The number of nitrogens with zero attached hydrogens (tertiary/aromatic N) is 2. The van der Waals surface area contributed by atoms with E-state index < -0.39 is 53.9 Å². The van der Waals surface area contributed by atoms with Crippen LogP contribution >= 0.6 is 11.6 Å². The van der Waals surface area contributed by atoms with E-state index in [1.165, 1.54) is 45.0 Å². The fourth-order valence-corrected chi connectivity index (χ4v) is 3.04. The van der Waals surface area contributed by atoms with Crippen LogP contribution in [0.15, 0.2) is 24.3 Å². The Morgan fingerprint density at radius 2 is 2.08 bits per heavy atom. The van der Waals surface area contributed by atoms with Crippen LogP contribution in [0.4, 0.5) is 4.79 Å². The third-order valence-corrected chi connectivity index (χ3v) is 3.99. The van der Waals surface area contributed by atoms with Gasteiger partial charge in [-0.05, 0) is 51.4 Å². The van der Waals surface area contributed by atoms with Gasteiger partial charge < -0.3 is 14.8 Å². The molecule has 1 saturated heterocycles. The van der Waals surface area contributed by atoms with Crippen molar-refractivity contribution in [1.29, 1.82) is 0 Å². The molecule has 2 unspecified atom stereocenters. The Bertz CT molecular complexity index is 1060. The number of rotatable bonds is 1. The van der Waals surface area contributed by atoms with Crippen LogP contribution in [0.3, 0.4) is 0 Å². The van der Waals surface area contributed by atoms with Gasteiger partial charge in [0, 0.05) is 24.8 Å². The summed E-state index contributed by atoms with van der Waals surface area (Å²) in [6.07, 6.45) is -8.22. The maximum atomic E-state index is 13.4. The highest BCUT2D eigenvalue weighted by atomic mass is 35.5. The maximum absolute atomic E-state index is 13.4. The second kappa shape index (κ2) is 6.02. The van der Waals surface area contributed by atoms with E-state index in [1.807, 2.05) is 0 Å². The number of halogens is 1. The van der Waals surface area contributed by atoms with Crippen LogP contribution in [0, 0.1) is 0 Å². The average molecular weight is 372 g/mol. The Kier molecular flexibility index (Phi) is 2.45. The molecule has 0 aromatic heterocycles. The maximum Gasteiger partial charge on any atom is 0.321 e. The van der Waals surface area contributed by atoms with E-state index in [0.29, 0.717) is 5.02 Å². The van der Waals surface area contributed by atoms with Crippen molar-refractivity contribution in [2.75, 3.05) is 13.0 Å². The predicted molar refractivity (Wildman–Crippen MR) is 92.7 cm³/mol. The summed E-state index contributed by atoms with van der Waals surface area (Å²) < 4.78 is 68.3. The van der Waals surface area contributed by atoms with E-state index in [2.05, 4.69) is 0 Å². The zero-order chi connectivity index (χ0) is 25.5. The largest absolute Gasteiger partial charge is 0.530 e. The molecule has 2 heterocycles. The topological polar surface area (TPSA) is 75.5 Å². The summed E-state index contributed by atoms with van der Waals surface area (Å²) in [4.78, 5) is 24.9. The molecule has 6 nitrogen and oxygen atoms in total. The van der Waals surface area contributed by atoms with Crippen molar-refractivity contribution in [2.45, 2.75) is 44.7 Å². The molecule has 0 radical (unpaired) electrons. The van der Waals surface area contributed by atoms with Gasteiger partial charge in [-0.15, -0.1) is 0 Å². The first-order chi connectivity index (χ1) is 14.8. The normalized spacial score (nSPS) is 38.1. The highest BCUT2D eigenvalue weighted by molar-refractivity contribution is 6.44. The summed E-state index contributed by atoms with van der Waals surface area (Å²) in [6.45, 7) is -2.50. The number of hydrogen-bond acceptors (Lipinski definition) is 3. The molecule has 1 aromatic rings. The number of carbonyl (C=O) groups excluding carboxylic acids is 2. The van der Waals surface area contributed by atoms with Crippen LogP contribution in [-0.2, 0) is 4.79 Å². The Hall–Kier alpha value is -2.08. The summed E-state index contributed by atoms with van der Waals surface area (Å²) in [6, 6.07) is 5.72. The van der Waals surface area contributed by atoms with E-state index in [0.717, 1.165) is 4.58 Å². The SMILES string of the molecule is [2H]C1C([2H])([2H])C([2H])([2H])N(C(=O)[O-])C([2H])([2H])C12N([2H])C(=O)C(c1ccc(Cl)cc1)=[N+]2C(C)(C)C. The first-order valence-corrected chi connectivity index (χ1v) is 7.87. The van der Waals surface area contributed by atoms with Gasteiger partial charge in [-0.2, -0.15) is 4.58 Å². The van der Waals surface area contributed by atoms with Gasteiger partial charge in [-0.25, -0.2) is 0 Å². The van der Waals surface area contributed by atoms with Crippen LogP contribution in [0.25, 0.3) is 0 Å². The van der Waals surface area contributed by atoms with Crippen molar-refractivity contribution in [3.63, 3.8) is 0 Å². The molecule has 1 fully saturated rings. The summed E-state index contributed by atoms with van der Waals surface area (Å²) in [5.74, 6) is -1.12. The highest BCUT2D eigenvalue weighted by Gasteiger charge is 2.58. The lowest BCUT2D eigenvalue weighted by Gasteiger charge is -2.41. The van der Waals surface area contributed by atoms with E-state index in [9.17, 15) is 14.7 Å². The molecule has 0 aliphatic carbocycles. The van der Waals surface area contributed by atoms with Crippen LogP contribution < -0.4 is 10.4 Å². The van der Waals surface area contributed by atoms with Crippen LogP contribution in [0.1, 0.15) is 48.7 Å². The first kappa shape index (κ1) is 10.2. The van der Waals surface area contributed by atoms with Gasteiger partial charge in [-0.3, -0.25) is 10.1 Å². The molecular formula is C18H22ClN3O3. The lowest BCUT2D eigenvalue weighted by atomic mass is 9.93. The first-order valence-electron chi connectivity index (χ1n) is 11.5. The molecule has 2 aliphatic heterocycles. The Morgan fingerprint density at radius 3 is 2.64 bits per heavy atom. The fourth-order valence-electron chi connectivity index (χ4n) is 2.92. The van der Waals surface area contributed by atoms with Gasteiger partial charge in [-0.1, -0.05) is 11.6 Å².